The summed E-state index contributed by atoms with van der Waals surface area (Å²) in [5.41, 5.74) is 6.49. The van der Waals surface area contributed by atoms with E-state index in [4.69, 9.17) is 26.8 Å². The number of benzene rings is 1. The van der Waals surface area contributed by atoms with Crippen LogP contribution < -0.4 is 15.8 Å². The zero-order valence-corrected chi connectivity index (χ0v) is 13.8. The van der Waals surface area contributed by atoms with Crippen LogP contribution in [0.1, 0.15) is 16.8 Å². The third kappa shape index (κ3) is 3.63. The number of rotatable bonds is 4. The lowest BCUT2D eigenvalue weighted by atomic mass is 10.0. The van der Waals surface area contributed by atoms with Gasteiger partial charge in [0, 0.05) is 19.7 Å². The van der Waals surface area contributed by atoms with Crippen molar-refractivity contribution >= 4 is 23.2 Å². The Morgan fingerprint density at radius 3 is 2.82 bits per heavy atom. The van der Waals surface area contributed by atoms with Crippen LogP contribution in [0.25, 0.3) is 0 Å². The van der Waals surface area contributed by atoms with Crippen molar-refractivity contribution in [2.24, 2.45) is 0 Å². The van der Waals surface area contributed by atoms with Crippen molar-refractivity contribution in [1.29, 1.82) is 0 Å². The summed E-state index contributed by atoms with van der Waals surface area (Å²) in [6, 6.07) is 3.04. The lowest BCUT2D eigenvalue weighted by Crippen LogP contribution is -2.53. The monoisotopic (exact) mass is 327 g/mol. The first kappa shape index (κ1) is 16.9. The van der Waals surface area contributed by atoms with E-state index in [1.54, 1.807) is 13.2 Å². The van der Waals surface area contributed by atoms with Gasteiger partial charge >= 0.3 is 0 Å². The quantitative estimate of drug-likeness (QED) is 0.817. The molecule has 0 unspecified atom stereocenters. The van der Waals surface area contributed by atoms with E-state index >= 15 is 0 Å². The zero-order chi connectivity index (χ0) is 16.3. The van der Waals surface area contributed by atoms with Crippen LogP contribution in [0.15, 0.2) is 12.1 Å². The number of nitrogens with zero attached hydrogens (tertiary/aromatic N) is 1. The number of amides is 1. The van der Waals surface area contributed by atoms with E-state index in [0.29, 0.717) is 22.0 Å². The van der Waals surface area contributed by atoms with Gasteiger partial charge in [-0.05, 0) is 26.1 Å². The molecule has 1 heterocycles. The van der Waals surface area contributed by atoms with E-state index in [0.717, 1.165) is 19.5 Å². The number of methoxy groups -OCH3 is 2. The van der Waals surface area contributed by atoms with Crippen molar-refractivity contribution in [2.45, 2.75) is 18.6 Å². The normalized spacial score (nSPS) is 22.4. The highest BCUT2D eigenvalue weighted by molar-refractivity contribution is 6.33. The summed E-state index contributed by atoms with van der Waals surface area (Å²) in [6.07, 6.45) is 0.782. The van der Waals surface area contributed by atoms with Gasteiger partial charge in [0.2, 0.25) is 0 Å². The summed E-state index contributed by atoms with van der Waals surface area (Å²) < 4.78 is 10.7. The Bertz CT molecular complexity index is 553. The number of piperidine rings is 1. The Morgan fingerprint density at radius 1 is 1.45 bits per heavy atom. The molecule has 122 valence electrons. The molecule has 0 bridgehead atoms. The number of carbonyl (C=O) groups is 1. The molecule has 1 aliphatic heterocycles. The standard InChI is InChI=1S/C15H22ClN3O3/c1-19-5-4-12(14(8-19)22-3)18-15(20)9-6-10(16)11(17)7-13(9)21-2/h6-7,12,14H,4-5,8,17H2,1-3H3,(H,18,20)/t12-,14+/m1/s1. The lowest BCUT2D eigenvalue weighted by Gasteiger charge is -2.36. The molecule has 2 atom stereocenters. The van der Waals surface area contributed by atoms with E-state index in [9.17, 15) is 4.79 Å². The summed E-state index contributed by atoms with van der Waals surface area (Å²) in [5, 5.41) is 3.34. The number of carbonyl (C=O) groups excluding carboxylic acids is 1. The summed E-state index contributed by atoms with van der Waals surface area (Å²) in [5.74, 6) is 0.164. The van der Waals surface area contributed by atoms with Crippen LogP contribution in [-0.2, 0) is 4.74 Å². The molecular formula is C15H22ClN3O3. The van der Waals surface area contributed by atoms with E-state index in [2.05, 4.69) is 10.2 Å². The van der Waals surface area contributed by atoms with E-state index in [1.165, 1.54) is 13.2 Å². The Hall–Kier alpha value is -1.50. The van der Waals surface area contributed by atoms with Crippen molar-refractivity contribution in [3.05, 3.63) is 22.7 Å². The van der Waals surface area contributed by atoms with Crippen LogP contribution in [0.3, 0.4) is 0 Å². The van der Waals surface area contributed by atoms with Gasteiger partial charge in [-0.1, -0.05) is 11.6 Å². The summed E-state index contributed by atoms with van der Waals surface area (Å²) in [7, 11) is 5.18. The molecule has 7 heteroatoms. The molecule has 22 heavy (non-hydrogen) atoms. The topological polar surface area (TPSA) is 76.8 Å². The number of halogens is 1. The molecule has 1 fully saturated rings. The van der Waals surface area contributed by atoms with Crippen LogP contribution in [0.4, 0.5) is 5.69 Å². The van der Waals surface area contributed by atoms with Crippen molar-refractivity contribution in [2.75, 3.05) is 40.1 Å². The van der Waals surface area contributed by atoms with Crippen LogP contribution in [0.2, 0.25) is 5.02 Å². The average molecular weight is 328 g/mol. The van der Waals surface area contributed by atoms with E-state index in [1.807, 2.05) is 7.05 Å². The molecule has 0 radical (unpaired) electrons. The highest BCUT2D eigenvalue weighted by atomic mass is 35.5. The predicted molar refractivity (Wildman–Crippen MR) is 86.6 cm³/mol. The highest BCUT2D eigenvalue weighted by Crippen LogP contribution is 2.29. The van der Waals surface area contributed by atoms with Gasteiger partial charge in [0.05, 0.1) is 35.5 Å². The number of hydrogen-bond acceptors (Lipinski definition) is 5. The third-order valence-electron chi connectivity index (χ3n) is 3.94. The van der Waals surface area contributed by atoms with Gasteiger partial charge in [-0.2, -0.15) is 0 Å². The lowest BCUT2D eigenvalue weighted by molar-refractivity contribution is 0.0142. The zero-order valence-electron chi connectivity index (χ0n) is 13.1. The number of likely N-dealkylation sites (tertiary alicyclic amines) is 1. The number of nitrogens with two attached hydrogens (primary N) is 1. The molecule has 1 amide bonds. The molecule has 1 aliphatic rings. The van der Waals surface area contributed by atoms with Gasteiger partial charge in [-0.15, -0.1) is 0 Å². The molecule has 0 aromatic heterocycles. The van der Waals surface area contributed by atoms with Gasteiger partial charge in [0.25, 0.3) is 5.91 Å². The second-order valence-electron chi connectivity index (χ2n) is 5.48. The van der Waals surface area contributed by atoms with Gasteiger partial charge in [0.15, 0.2) is 0 Å². The van der Waals surface area contributed by atoms with Gasteiger partial charge in [0.1, 0.15) is 5.75 Å². The average Bonchev–Trinajstić information content (AvgIpc) is 2.51. The number of anilines is 1. The first-order valence-corrected chi connectivity index (χ1v) is 7.49. The summed E-state index contributed by atoms with van der Waals surface area (Å²) in [6.45, 7) is 1.69. The first-order valence-electron chi connectivity index (χ1n) is 7.11. The summed E-state index contributed by atoms with van der Waals surface area (Å²) in [4.78, 5) is 14.7. The largest absolute Gasteiger partial charge is 0.496 e. The Morgan fingerprint density at radius 2 is 2.18 bits per heavy atom. The maximum absolute atomic E-state index is 12.5. The number of ether oxygens (including phenoxy) is 2. The van der Waals surface area contributed by atoms with Gasteiger partial charge in [-0.25, -0.2) is 0 Å². The van der Waals surface area contributed by atoms with Crippen LogP contribution in [0, 0.1) is 0 Å². The Balaban J connectivity index is 2.16. The smallest absolute Gasteiger partial charge is 0.255 e. The summed E-state index contributed by atoms with van der Waals surface area (Å²) >= 11 is 6.01. The molecule has 3 N–H and O–H groups in total. The number of hydrogen-bond donors (Lipinski definition) is 2. The fourth-order valence-corrected chi connectivity index (χ4v) is 2.80. The molecule has 0 saturated carbocycles. The maximum Gasteiger partial charge on any atom is 0.255 e. The maximum atomic E-state index is 12.5. The van der Waals surface area contributed by atoms with Crippen molar-refractivity contribution in [3.8, 4) is 5.75 Å². The molecule has 6 nitrogen and oxygen atoms in total. The fourth-order valence-electron chi connectivity index (χ4n) is 2.64. The van der Waals surface area contributed by atoms with Gasteiger partial charge in [-0.3, -0.25) is 4.79 Å². The second kappa shape index (κ2) is 7.17. The van der Waals surface area contributed by atoms with Crippen molar-refractivity contribution in [3.63, 3.8) is 0 Å². The molecule has 0 aliphatic carbocycles. The fraction of sp³-hybridized carbons (Fsp3) is 0.533. The van der Waals surface area contributed by atoms with Crippen LogP contribution in [0.5, 0.6) is 5.75 Å². The molecule has 1 aromatic carbocycles. The van der Waals surface area contributed by atoms with Crippen molar-refractivity contribution in [1.82, 2.24) is 10.2 Å². The molecule has 2 rings (SSSR count). The third-order valence-corrected chi connectivity index (χ3v) is 4.27. The Labute approximate surface area is 135 Å². The molecular weight excluding hydrogens is 306 g/mol. The molecule has 1 aromatic rings. The van der Waals surface area contributed by atoms with Crippen molar-refractivity contribution < 1.29 is 14.3 Å². The number of nitrogen functional groups attached to an aromatic ring is 1. The number of likely N-dealkylation sites (N-methyl/N-ethyl adjacent to an activating group) is 1. The van der Waals surface area contributed by atoms with Crippen LogP contribution >= 0.6 is 11.6 Å². The first-order chi connectivity index (χ1) is 10.5. The highest BCUT2D eigenvalue weighted by Gasteiger charge is 2.29. The molecule has 0 spiro atoms. The predicted octanol–water partition coefficient (Wildman–Crippen LogP) is 1.38. The Kier molecular flexibility index (Phi) is 5.50. The van der Waals surface area contributed by atoms with Crippen LogP contribution in [-0.4, -0.2) is 57.3 Å². The minimum absolute atomic E-state index is 0.0436. The minimum Gasteiger partial charge on any atom is -0.496 e. The second-order valence-corrected chi connectivity index (χ2v) is 5.89. The minimum atomic E-state index is -0.240. The van der Waals surface area contributed by atoms with E-state index < -0.39 is 0 Å². The number of nitrogens with one attached hydrogen (secondary N) is 1. The van der Waals surface area contributed by atoms with Gasteiger partial charge < -0.3 is 25.4 Å². The van der Waals surface area contributed by atoms with E-state index in [-0.39, 0.29) is 18.1 Å². The SMILES string of the molecule is COc1cc(N)c(Cl)cc1C(=O)N[C@@H]1CCN(C)C[C@@H]1OC. The molecule has 1 saturated heterocycles.